The molecule has 0 spiro atoms. The first kappa shape index (κ1) is 7.12. The number of hydrazine groups is 1. The standard InChI is InChI=1S/C8H9N3O/c1-7-2-3-8(6-9-7)11-4-5-12-10-11/h2-6,10H,1H3. The first-order valence-corrected chi connectivity index (χ1v) is 3.66. The van der Waals surface area contributed by atoms with Crippen LogP contribution in [0.5, 0.6) is 0 Å². The third-order valence-electron chi connectivity index (χ3n) is 1.60. The summed E-state index contributed by atoms with van der Waals surface area (Å²) in [6, 6.07) is 3.91. The average Bonchev–Trinajstić information content (AvgIpc) is 2.58. The molecule has 0 bridgehead atoms. The predicted molar refractivity (Wildman–Crippen MR) is 44.8 cm³/mol. The maximum atomic E-state index is 4.81. The molecule has 1 aliphatic heterocycles. The van der Waals surface area contributed by atoms with E-state index in [1.807, 2.05) is 19.1 Å². The normalized spacial score (nSPS) is 14.9. The van der Waals surface area contributed by atoms with Crippen LogP contribution >= 0.6 is 0 Å². The fourth-order valence-electron chi connectivity index (χ4n) is 0.950. The van der Waals surface area contributed by atoms with Crippen LogP contribution in [0.15, 0.2) is 30.8 Å². The van der Waals surface area contributed by atoms with Gasteiger partial charge in [-0.3, -0.25) is 4.98 Å². The largest absolute Gasteiger partial charge is 0.395 e. The molecule has 0 atom stereocenters. The summed E-state index contributed by atoms with van der Waals surface area (Å²) in [4.78, 5) is 8.96. The Bertz CT molecular complexity index is 294. The number of hydrogen-bond donors (Lipinski definition) is 1. The van der Waals surface area contributed by atoms with E-state index in [1.54, 1.807) is 23.7 Å². The van der Waals surface area contributed by atoms with Crippen LogP contribution in [0.1, 0.15) is 5.69 Å². The Morgan fingerprint density at radius 2 is 2.42 bits per heavy atom. The molecule has 1 aromatic heterocycles. The highest BCUT2D eigenvalue weighted by molar-refractivity contribution is 5.46. The molecule has 0 saturated carbocycles. The molecule has 0 aromatic carbocycles. The minimum Gasteiger partial charge on any atom is -0.395 e. The predicted octanol–water partition coefficient (Wildman–Crippen LogP) is 1.12. The summed E-state index contributed by atoms with van der Waals surface area (Å²) < 4.78 is 0. The summed E-state index contributed by atoms with van der Waals surface area (Å²) >= 11 is 0. The second-order valence-electron chi connectivity index (χ2n) is 2.52. The highest BCUT2D eigenvalue weighted by Gasteiger charge is 2.06. The van der Waals surface area contributed by atoms with Gasteiger partial charge in [0.1, 0.15) is 6.26 Å². The molecule has 0 fully saturated rings. The number of aromatic nitrogens is 1. The van der Waals surface area contributed by atoms with Gasteiger partial charge in [-0.15, -0.1) is 0 Å². The molecule has 2 heterocycles. The van der Waals surface area contributed by atoms with Crippen LogP contribution < -0.4 is 10.6 Å². The molecular formula is C8H9N3O. The zero-order chi connectivity index (χ0) is 8.39. The lowest BCUT2D eigenvalue weighted by atomic mass is 10.3. The maximum absolute atomic E-state index is 4.81. The second kappa shape index (κ2) is 2.83. The zero-order valence-corrected chi connectivity index (χ0v) is 6.69. The third kappa shape index (κ3) is 1.24. The van der Waals surface area contributed by atoms with Gasteiger partial charge in [0, 0.05) is 5.69 Å². The summed E-state index contributed by atoms with van der Waals surface area (Å²) in [5, 5.41) is 1.74. The fraction of sp³-hybridized carbons (Fsp3) is 0.125. The Morgan fingerprint density at radius 1 is 1.50 bits per heavy atom. The third-order valence-corrected chi connectivity index (χ3v) is 1.60. The quantitative estimate of drug-likeness (QED) is 0.673. The number of pyridine rings is 1. The molecule has 1 aromatic rings. The summed E-state index contributed by atoms with van der Waals surface area (Å²) in [6.07, 6.45) is 5.13. The number of nitrogens with one attached hydrogen (secondary N) is 1. The topological polar surface area (TPSA) is 37.4 Å². The Kier molecular flexibility index (Phi) is 1.68. The molecule has 4 nitrogen and oxygen atoms in total. The van der Waals surface area contributed by atoms with E-state index in [1.165, 1.54) is 0 Å². The number of aryl methyl sites for hydroxylation is 1. The SMILES string of the molecule is Cc1ccc(N2C=CON2)cn1. The molecular weight excluding hydrogens is 154 g/mol. The molecule has 4 heteroatoms. The van der Waals surface area contributed by atoms with Crippen molar-refractivity contribution in [2.45, 2.75) is 6.92 Å². The number of rotatable bonds is 1. The van der Waals surface area contributed by atoms with Gasteiger partial charge in [-0.1, -0.05) is 5.59 Å². The molecule has 62 valence electrons. The van der Waals surface area contributed by atoms with Gasteiger partial charge < -0.3 is 4.84 Å². The van der Waals surface area contributed by atoms with Gasteiger partial charge in [-0.25, -0.2) is 5.01 Å². The molecule has 12 heavy (non-hydrogen) atoms. The van der Waals surface area contributed by atoms with Crippen LogP contribution in [-0.2, 0) is 4.84 Å². The van der Waals surface area contributed by atoms with Crippen LogP contribution in [0.2, 0.25) is 0 Å². The monoisotopic (exact) mass is 163 g/mol. The number of nitrogens with zero attached hydrogens (tertiary/aromatic N) is 2. The van der Waals surface area contributed by atoms with Crippen LogP contribution in [0, 0.1) is 6.92 Å². The Labute approximate surface area is 70.4 Å². The number of anilines is 1. The second-order valence-corrected chi connectivity index (χ2v) is 2.52. The van der Waals surface area contributed by atoms with E-state index in [9.17, 15) is 0 Å². The summed E-state index contributed by atoms with van der Waals surface area (Å²) in [5.74, 6) is 0. The van der Waals surface area contributed by atoms with Crippen LogP contribution in [0.4, 0.5) is 5.69 Å². The van der Waals surface area contributed by atoms with Gasteiger partial charge in [-0.2, -0.15) is 0 Å². The van der Waals surface area contributed by atoms with Gasteiger partial charge in [-0.05, 0) is 19.1 Å². The Balaban J connectivity index is 2.23. The van der Waals surface area contributed by atoms with Crippen LogP contribution in [-0.4, -0.2) is 4.98 Å². The van der Waals surface area contributed by atoms with Crippen molar-refractivity contribution in [3.8, 4) is 0 Å². The molecule has 0 amide bonds. The van der Waals surface area contributed by atoms with Crippen molar-refractivity contribution < 1.29 is 4.84 Å². The van der Waals surface area contributed by atoms with E-state index in [0.717, 1.165) is 11.4 Å². The van der Waals surface area contributed by atoms with Crippen molar-refractivity contribution in [1.29, 1.82) is 0 Å². The minimum atomic E-state index is 0.953. The lowest BCUT2D eigenvalue weighted by molar-refractivity contribution is 0.159. The molecule has 0 radical (unpaired) electrons. The highest BCUT2D eigenvalue weighted by Crippen LogP contribution is 2.13. The first-order valence-electron chi connectivity index (χ1n) is 3.66. The highest BCUT2D eigenvalue weighted by atomic mass is 16.7. The lowest BCUT2D eigenvalue weighted by Crippen LogP contribution is -2.26. The van der Waals surface area contributed by atoms with E-state index in [0.29, 0.717) is 0 Å². The fourth-order valence-corrected chi connectivity index (χ4v) is 0.950. The molecule has 2 rings (SSSR count). The van der Waals surface area contributed by atoms with E-state index in [2.05, 4.69) is 10.6 Å². The smallest absolute Gasteiger partial charge is 0.131 e. The van der Waals surface area contributed by atoms with Crippen LogP contribution in [0.3, 0.4) is 0 Å². The van der Waals surface area contributed by atoms with E-state index >= 15 is 0 Å². The molecule has 0 unspecified atom stereocenters. The maximum Gasteiger partial charge on any atom is 0.131 e. The van der Waals surface area contributed by atoms with Gasteiger partial charge in [0.25, 0.3) is 0 Å². The summed E-state index contributed by atoms with van der Waals surface area (Å²) in [7, 11) is 0. The first-order chi connectivity index (χ1) is 5.86. The molecule has 1 aliphatic rings. The van der Waals surface area contributed by atoms with E-state index < -0.39 is 0 Å². The summed E-state index contributed by atoms with van der Waals surface area (Å²) in [5.41, 5.74) is 4.63. The summed E-state index contributed by atoms with van der Waals surface area (Å²) in [6.45, 7) is 1.95. The van der Waals surface area contributed by atoms with Crippen molar-refractivity contribution in [1.82, 2.24) is 10.6 Å². The van der Waals surface area contributed by atoms with Crippen molar-refractivity contribution in [2.24, 2.45) is 0 Å². The van der Waals surface area contributed by atoms with Gasteiger partial charge >= 0.3 is 0 Å². The van der Waals surface area contributed by atoms with E-state index in [4.69, 9.17) is 4.84 Å². The average molecular weight is 163 g/mol. The van der Waals surface area contributed by atoms with Gasteiger partial charge in [0.05, 0.1) is 18.1 Å². The van der Waals surface area contributed by atoms with Gasteiger partial charge in [0.2, 0.25) is 0 Å². The van der Waals surface area contributed by atoms with Crippen molar-refractivity contribution in [3.63, 3.8) is 0 Å². The number of hydrogen-bond acceptors (Lipinski definition) is 4. The van der Waals surface area contributed by atoms with Crippen molar-refractivity contribution in [3.05, 3.63) is 36.5 Å². The molecule has 0 saturated heterocycles. The van der Waals surface area contributed by atoms with Crippen molar-refractivity contribution >= 4 is 5.69 Å². The van der Waals surface area contributed by atoms with Crippen molar-refractivity contribution in [2.75, 3.05) is 5.01 Å². The lowest BCUT2D eigenvalue weighted by Gasteiger charge is -2.12. The molecule has 0 aliphatic carbocycles. The van der Waals surface area contributed by atoms with Crippen LogP contribution in [0.25, 0.3) is 0 Å². The zero-order valence-electron chi connectivity index (χ0n) is 6.69. The van der Waals surface area contributed by atoms with Gasteiger partial charge in [0.15, 0.2) is 0 Å². The van der Waals surface area contributed by atoms with E-state index in [-0.39, 0.29) is 0 Å². The Hall–Kier alpha value is -1.55. The Morgan fingerprint density at radius 3 is 3.00 bits per heavy atom. The molecule has 1 N–H and O–H groups in total. The minimum absolute atomic E-state index is 0.953.